The van der Waals surface area contributed by atoms with Crippen molar-refractivity contribution in [3.05, 3.63) is 84.4 Å². The SMILES string of the molecule is Cc1ccc(SCCNS(=O)(=O)c2ccc(Oc3ccccc3)cc2)cc1. The summed E-state index contributed by atoms with van der Waals surface area (Å²) in [5, 5.41) is 0. The number of hydrogen-bond acceptors (Lipinski definition) is 4. The van der Waals surface area contributed by atoms with E-state index in [4.69, 9.17) is 4.74 Å². The molecule has 0 saturated carbocycles. The summed E-state index contributed by atoms with van der Waals surface area (Å²) in [6.45, 7) is 2.40. The molecule has 0 aliphatic heterocycles. The minimum Gasteiger partial charge on any atom is -0.457 e. The number of nitrogens with one attached hydrogen (secondary N) is 1. The van der Waals surface area contributed by atoms with Gasteiger partial charge in [-0.2, -0.15) is 0 Å². The van der Waals surface area contributed by atoms with E-state index in [2.05, 4.69) is 4.72 Å². The van der Waals surface area contributed by atoms with Gasteiger partial charge in [-0.25, -0.2) is 13.1 Å². The first-order valence-corrected chi connectivity index (χ1v) is 11.0. The summed E-state index contributed by atoms with van der Waals surface area (Å²) < 4.78 is 33.1. The van der Waals surface area contributed by atoms with Gasteiger partial charge in [-0.1, -0.05) is 35.9 Å². The molecule has 0 aliphatic rings. The minimum atomic E-state index is -3.53. The van der Waals surface area contributed by atoms with Crippen LogP contribution in [0.3, 0.4) is 0 Å². The summed E-state index contributed by atoms with van der Waals surface area (Å²) in [5.74, 6) is 1.96. The third kappa shape index (κ3) is 5.85. The lowest BCUT2D eigenvalue weighted by Gasteiger charge is -2.09. The van der Waals surface area contributed by atoms with E-state index in [1.807, 2.05) is 61.5 Å². The Bertz CT molecular complexity index is 955. The summed E-state index contributed by atoms with van der Waals surface area (Å²) in [6, 6.07) is 23.9. The van der Waals surface area contributed by atoms with Crippen LogP contribution in [-0.2, 0) is 10.0 Å². The first-order valence-electron chi connectivity index (χ1n) is 8.55. The second kappa shape index (κ2) is 9.08. The van der Waals surface area contributed by atoms with Gasteiger partial charge in [-0.3, -0.25) is 0 Å². The van der Waals surface area contributed by atoms with Crippen LogP contribution in [-0.4, -0.2) is 20.7 Å². The summed E-state index contributed by atoms with van der Waals surface area (Å²) in [6.07, 6.45) is 0. The van der Waals surface area contributed by atoms with Crippen molar-refractivity contribution in [2.24, 2.45) is 0 Å². The van der Waals surface area contributed by atoms with E-state index < -0.39 is 10.0 Å². The highest BCUT2D eigenvalue weighted by molar-refractivity contribution is 7.99. The van der Waals surface area contributed by atoms with Gasteiger partial charge in [0.15, 0.2) is 0 Å². The highest BCUT2D eigenvalue weighted by Crippen LogP contribution is 2.22. The molecule has 140 valence electrons. The largest absolute Gasteiger partial charge is 0.457 e. The lowest BCUT2D eigenvalue weighted by molar-refractivity contribution is 0.482. The molecule has 0 amide bonds. The Morgan fingerprint density at radius 1 is 0.852 bits per heavy atom. The molecule has 0 radical (unpaired) electrons. The fourth-order valence-electron chi connectivity index (χ4n) is 2.37. The molecular formula is C21H21NO3S2. The molecule has 0 bridgehead atoms. The Kier molecular flexibility index (Phi) is 6.55. The van der Waals surface area contributed by atoms with Crippen molar-refractivity contribution in [3.8, 4) is 11.5 Å². The molecule has 0 spiro atoms. The molecule has 3 aromatic rings. The Hall–Kier alpha value is -2.28. The van der Waals surface area contributed by atoms with E-state index in [1.54, 1.807) is 36.0 Å². The quantitative estimate of drug-likeness (QED) is 0.434. The van der Waals surface area contributed by atoms with Crippen molar-refractivity contribution >= 4 is 21.8 Å². The van der Waals surface area contributed by atoms with E-state index in [9.17, 15) is 8.42 Å². The number of para-hydroxylation sites is 1. The van der Waals surface area contributed by atoms with Gasteiger partial charge < -0.3 is 4.74 Å². The van der Waals surface area contributed by atoms with Crippen LogP contribution in [0.2, 0.25) is 0 Å². The normalized spacial score (nSPS) is 11.3. The maximum absolute atomic E-state index is 12.4. The molecule has 3 rings (SSSR count). The molecule has 0 saturated heterocycles. The van der Waals surface area contributed by atoms with E-state index >= 15 is 0 Å². The van der Waals surface area contributed by atoms with Crippen LogP contribution in [0.25, 0.3) is 0 Å². The van der Waals surface area contributed by atoms with Gasteiger partial charge in [-0.05, 0) is 55.5 Å². The smallest absolute Gasteiger partial charge is 0.240 e. The molecule has 0 unspecified atom stereocenters. The Balaban J connectivity index is 1.52. The second-order valence-electron chi connectivity index (χ2n) is 5.95. The second-order valence-corrected chi connectivity index (χ2v) is 8.88. The molecule has 27 heavy (non-hydrogen) atoms. The molecule has 0 aromatic heterocycles. The van der Waals surface area contributed by atoms with Crippen molar-refractivity contribution in [3.63, 3.8) is 0 Å². The van der Waals surface area contributed by atoms with E-state index in [0.717, 1.165) is 4.90 Å². The molecule has 0 fully saturated rings. The van der Waals surface area contributed by atoms with E-state index in [1.165, 1.54) is 5.56 Å². The molecule has 4 nitrogen and oxygen atoms in total. The lowest BCUT2D eigenvalue weighted by Crippen LogP contribution is -2.25. The molecule has 6 heteroatoms. The van der Waals surface area contributed by atoms with Crippen molar-refractivity contribution in [1.82, 2.24) is 4.72 Å². The Labute approximate surface area is 164 Å². The summed E-state index contributed by atoms with van der Waals surface area (Å²) in [4.78, 5) is 1.35. The van der Waals surface area contributed by atoms with E-state index in [-0.39, 0.29) is 4.90 Å². The van der Waals surface area contributed by atoms with Gasteiger partial charge >= 0.3 is 0 Å². The predicted molar refractivity (Wildman–Crippen MR) is 110 cm³/mol. The topological polar surface area (TPSA) is 55.4 Å². The summed E-state index contributed by atoms with van der Waals surface area (Å²) in [7, 11) is -3.53. The highest BCUT2D eigenvalue weighted by Gasteiger charge is 2.13. The number of rotatable bonds is 8. The van der Waals surface area contributed by atoms with E-state index in [0.29, 0.717) is 23.8 Å². The van der Waals surface area contributed by atoms with Gasteiger partial charge in [0.05, 0.1) is 4.90 Å². The first kappa shape index (κ1) is 19.5. The average molecular weight is 400 g/mol. The maximum Gasteiger partial charge on any atom is 0.240 e. The molecule has 3 aromatic carbocycles. The Morgan fingerprint density at radius 2 is 1.48 bits per heavy atom. The number of aryl methyl sites for hydroxylation is 1. The zero-order chi connectivity index (χ0) is 19.1. The zero-order valence-electron chi connectivity index (χ0n) is 15.0. The number of hydrogen-bond donors (Lipinski definition) is 1. The van der Waals surface area contributed by atoms with Crippen LogP contribution in [0.15, 0.2) is 88.7 Å². The van der Waals surface area contributed by atoms with Crippen LogP contribution in [0.1, 0.15) is 5.56 Å². The highest BCUT2D eigenvalue weighted by atomic mass is 32.2. The van der Waals surface area contributed by atoms with Crippen LogP contribution < -0.4 is 9.46 Å². The fraction of sp³-hybridized carbons (Fsp3) is 0.143. The van der Waals surface area contributed by atoms with Crippen molar-refractivity contribution in [2.75, 3.05) is 12.3 Å². The summed E-state index contributed by atoms with van der Waals surface area (Å²) >= 11 is 1.62. The van der Waals surface area contributed by atoms with Crippen LogP contribution >= 0.6 is 11.8 Å². The van der Waals surface area contributed by atoms with Gasteiger partial charge in [0.1, 0.15) is 11.5 Å². The van der Waals surface area contributed by atoms with Crippen LogP contribution in [0.5, 0.6) is 11.5 Å². The monoisotopic (exact) mass is 399 g/mol. The van der Waals surface area contributed by atoms with Crippen LogP contribution in [0.4, 0.5) is 0 Å². The lowest BCUT2D eigenvalue weighted by atomic mass is 10.2. The fourth-order valence-corrected chi connectivity index (χ4v) is 4.30. The van der Waals surface area contributed by atoms with Gasteiger partial charge in [0, 0.05) is 17.2 Å². The molecular weight excluding hydrogens is 378 g/mol. The van der Waals surface area contributed by atoms with Crippen LogP contribution in [0, 0.1) is 6.92 Å². The maximum atomic E-state index is 12.4. The number of thioether (sulfide) groups is 1. The minimum absolute atomic E-state index is 0.225. The van der Waals surface area contributed by atoms with Crippen molar-refractivity contribution in [1.29, 1.82) is 0 Å². The molecule has 0 aliphatic carbocycles. The Morgan fingerprint density at radius 3 is 2.15 bits per heavy atom. The average Bonchev–Trinajstić information content (AvgIpc) is 2.68. The molecule has 1 N–H and O–H groups in total. The predicted octanol–water partition coefficient (Wildman–Crippen LogP) is 4.86. The molecule has 0 heterocycles. The molecule has 0 atom stereocenters. The number of ether oxygens (including phenoxy) is 1. The number of benzene rings is 3. The third-order valence-corrected chi connectivity index (χ3v) is 6.29. The number of sulfonamides is 1. The van der Waals surface area contributed by atoms with Gasteiger partial charge in [-0.15, -0.1) is 11.8 Å². The zero-order valence-corrected chi connectivity index (χ0v) is 16.6. The summed E-state index contributed by atoms with van der Waals surface area (Å²) in [5.41, 5.74) is 1.21. The first-order chi connectivity index (χ1) is 13.0. The van der Waals surface area contributed by atoms with Gasteiger partial charge in [0.2, 0.25) is 10.0 Å². The third-order valence-electron chi connectivity index (χ3n) is 3.80. The standard InChI is InChI=1S/C21H21NO3S2/c1-17-7-11-20(12-8-17)26-16-15-22-27(23,24)21-13-9-19(10-14-21)25-18-5-3-2-4-6-18/h2-14,22H,15-16H2,1H3. The van der Waals surface area contributed by atoms with Crippen molar-refractivity contribution in [2.45, 2.75) is 16.7 Å². The van der Waals surface area contributed by atoms with Gasteiger partial charge in [0.25, 0.3) is 0 Å². The van der Waals surface area contributed by atoms with Crippen molar-refractivity contribution < 1.29 is 13.2 Å².